The number of Topliss-reactive ketones (excluding diaryl/α,β-unsaturated/α-hetero) is 1. The lowest BCUT2D eigenvalue weighted by Gasteiger charge is -2.09. The van der Waals surface area contributed by atoms with Crippen LogP contribution < -0.4 is 4.74 Å². The van der Waals surface area contributed by atoms with Crippen LogP contribution in [0.1, 0.15) is 16.2 Å². The van der Waals surface area contributed by atoms with Crippen LogP contribution in [0, 0.1) is 6.92 Å². The molecule has 1 heterocycles. The molecular formula is C18H17N3O2S. The van der Waals surface area contributed by atoms with Crippen molar-refractivity contribution in [3.8, 4) is 11.4 Å². The number of nitrogens with zero attached hydrogens (tertiary/aromatic N) is 3. The third kappa shape index (κ3) is 3.33. The number of hydrogen-bond donors (Lipinski definition) is 0. The number of ether oxygens (including phenoxy) is 1. The van der Waals surface area contributed by atoms with E-state index in [1.165, 1.54) is 11.8 Å². The SMILES string of the molecule is COc1ccccc1C(=O)CSc1nnc(C)n1-c1ccccc1. The average Bonchev–Trinajstić information content (AvgIpc) is 3.01. The summed E-state index contributed by atoms with van der Waals surface area (Å²) in [6.07, 6.45) is 0. The predicted molar refractivity (Wildman–Crippen MR) is 94.1 cm³/mol. The first kappa shape index (κ1) is 16.3. The molecule has 0 saturated heterocycles. The van der Waals surface area contributed by atoms with E-state index >= 15 is 0 Å². The lowest BCUT2D eigenvalue weighted by molar-refractivity contribution is 0.101. The third-order valence-corrected chi connectivity index (χ3v) is 4.48. The zero-order chi connectivity index (χ0) is 16.9. The Morgan fingerprint density at radius 1 is 1.08 bits per heavy atom. The van der Waals surface area contributed by atoms with Crippen molar-refractivity contribution in [2.45, 2.75) is 12.1 Å². The number of ketones is 1. The molecular weight excluding hydrogens is 322 g/mol. The lowest BCUT2D eigenvalue weighted by atomic mass is 10.1. The summed E-state index contributed by atoms with van der Waals surface area (Å²) in [5, 5.41) is 9.02. The minimum absolute atomic E-state index is 0.00212. The summed E-state index contributed by atoms with van der Waals surface area (Å²) < 4.78 is 7.20. The molecule has 0 aliphatic carbocycles. The van der Waals surface area contributed by atoms with Gasteiger partial charge in [-0.25, -0.2) is 0 Å². The zero-order valence-electron chi connectivity index (χ0n) is 13.5. The van der Waals surface area contributed by atoms with Crippen molar-refractivity contribution in [1.82, 2.24) is 14.8 Å². The highest BCUT2D eigenvalue weighted by Gasteiger charge is 2.16. The van der Waals surface area contributed by atoms with Crippen molar-refractivity contribution >= 4 is 17.5 Å². The van der Waals surface area contributed by atoms with Gasteiger partial charge in [-0.2, -0.15) is 0 Å². The van der Waals surface area contributed by atoms with E-state index in [1.54, 1.807) is 19.2 Å². The van der Waals surface area contributed by atoms with E-state index in [-0.39, 0.29) is 11.5 Å². The van der Waals surface area contributed by atoms with Gasteiger partial charge in [0.15, 0.2) is 10.9 Å². The van der Waals surface area contributed by atoms with Crippen LogP contribution in [0.2, 0.25) is 0 Å². The number of hydrogen-bond acceptors (Lipinski definition) is 5. The molecule has 0 radical (unpaired) electrons. The minimum Gasteiger partial charge on any atom is -0.496 e. The molecule has 0 spiro atoms. The van der Waals surface area contributed by atoms with E-state index in [4.69, 9.17) is 4.74 Å². The maximum Gasteiger partial charge on any atom is 0.196 e. The van der Waals surface area contributed by atoms with Gasteiger partial charge >= 0.3 is 0 Å². The fraction of sp³-hybridized carbons (Fsp3) is 0.167. The lowest BCUT2D eigenvalue weighted by Crippen LogP contribution is -2.06. The molecule has 0 fully saturated rings. The molecule has 3 aromatic rings. The molecule has 24 heavy (non-hydrogen) atoms. The molecule has 0 aliphatic heterocycles. The van der Waals surface area contributed by atoms with E-state index in [0.717, 1.165) is 11.5 Å². The largest absolute Gasteiger partial charge is 0.496 e. The second-order valence-corrected chi connectivity index (χ2v) is 6.06. The number of methoxy groups -OCH3 is 1. The first-order valence-electron chi connectivity index (χ1n) is 7.47. The summed E-state index contributed by atoms with van der Waals surface area (Å²) in [5.41, 5.74) is 1.56. The summed E-state index contributed by atoms with van der Waals surface area (Å²) >= 11 is 1.37. The Kier molecular flexibility index (Phi) is 4.96. The number of carbonyl (C=O) groups excluding carboxylic acids is 1. The van der Waals surface area contributed by atoms with Gasteiger partial charge in [0.25, 0.3) is 0 Å². The topological polar surface area (TPSA) is 57.0 Å². The Balaban J connectivity index is 1.80. The number of thioether (sulfide) groups is 1. The van der Waals surface area contributed by atoms with E-state index in [0.29, 0.717) is 16.5 Å². The van der Waals surface area contributed by atoms with Crippen LogP contribution in [0.5, 0.6) is 5.75 Å². The van der Waals surface area contributed by atoms with Gasteiger partial charge in [-0.3, -0.25) is 9.36 Å². The van der Waals surface area contributed by atoms with Crippen LogP contribution >= 0.6 is 11.8 Å². The quantitative estimate of drug-likeness (QED) is 0.508. The third-order valence-electron chi connectivity index (χ3n) is 3.55. The maximum atomic E-state index is 12.5. The summed E-state index contributed by atoms with van der Waals surface area (Å²) in [6.45, 7) is 1.89. The molecule has 0 saturated carbocycles. The molecule has 0 bridgehead atoms. The van der Waals surface area contributed by atoms with E-state index < -0.39 is 0 Å². The van der Waals surface area contributed by atoms with Crippen molar-refractivity contribution in [3.63, 3.8) is 0 Å². The van der Waals surface area contributed by atoms with Gasteiger partial charge in [-0.05, 0) is 31.2 Å². The van der Waals surface area contributed by atoms with E-state index in [1.807, 2.05) is 54.0 Å². The van der Waals surface area contributed by atoms with Gasteiger partial charge in [0.1, 0.15) is 11.6 Å². The molecule has 122 valence electrons. The van der Waals surface area contributed by atoms with Crippen LogP contribution in [-0.2, 0) is 0 Å². The van der Waals surface area contributed by atoms with Crippen molar-refractivity contribution in [2.24, 2.45) is 0 Å². The fourth-order valence-corrected chi connectivity index (χ4v) is 3.27. The highest BCUT2D eigenvalue weighted by atomic mass is 32.2. The summed E-state index contributed by atoms with van der Waals surface area (Å²) in [4.78, 5) is 12.5. The number of aryl methyl sites for hydroxylation is 1. The molecule has 0 aliphatic rings. The number of benzene rings is 2. The Morgan fingerprint density at radius 3 is 2.54 bits per heavy atom. The van der Waals surface area contributed by atoms with Crippen molar-refractivity contribution < 1.29 is 9.53 Å². The molecule has 0 atom stereocenters. The summed E-state index contributed by atoms with van der Waals surface area (Å²) in [7, 11) is 1.56. The van der Waals surface area contributed by atoms with Crippen LogP contribution in [0.25, 0.3) is 5.69 Å². The van der Waals surface area contributed by atoms with Crippen molar-refractivity contribution in [1.29, 1.82) is 0 Å². The minimum atomic E-state index is -0.00212. The monoisotopic (exact) mass is 339 g/mol. The van der Waals surface area contributed by atoms with Crippen molar-refractivity contribution in [2.75, 3.05) is 12.9 Å². The van der Waals surface area contributed by atoms with Gasteiger partial charge in [0, 0.05) is 5.69 Å². The second-order valence-electron chi connectivity index (χ2n) is 5.11. The number of para-hydroxylation sites is 2. The van der Waals surface area contributed by atoms with E-state index in [9.17, 15) is 4.79 Å². The molecule has 0 amide bonds. The fourth-order valence-electron chi connectivity index (χ4n) is 2.39. The standard InChI is InChI=1S/C18H17N3O2S/c1-13-19-20-18(21(13)14-8-4-3-5-9-14)24-12-16(22)15-10-6-7-11-17(15)23-2/h3-11H,12H2,1-2H3. The van der Waals surface area contributed by atoms with Crippen LogP contribution in [-0.4, -0.2) is 33.4 Å². The number of carbonyl (C=O) groups is 1. The highest BCUT2D eigenvalue weighted by Crippen LogP contribution is 2.24. The van der Waals surface area contributed by atoms with Gasteiger partial charge in [-0.15, -0.1) is 10.2 Å². The molecule has 2 aromatic carbocycles. The predicted octanol–water partition coefficient (Wildman–Crippen LogP) is 3.56. The van der Waals surface area contributed by atoms with Crippen LogP contribution in [0.3, 0.4) is 0 Å². The number of aromatic nitrogens is 3. The Morgan fingerprint density at radius 2 is 1.79 bits per heavy atom. The first-order valence-corrected chi connectivity index (χ1v) is 8.45. The zero-order valence-corrected chi connectivity index (χ0v) is 14.3. The van der Waals surface area contributed by atoms with Gasteiger partial charge in [0.2, 0.25) is 0 Å². The Bertz CT molecular complexity index is 846. The summed E-state index contributed by atoms with van der Waals surface area (Å²) in [5.74, 6) is 1.64. The molecule has 1 aromatic heterocycles. The van der Waals surface area contributed by atoms with Crippen LogP contribution in [0.15, 0.2) is 59.8 Å². The normalized spacial score (nSPS) is 10.6. The smallest absolute Gasteiger partial charge is 0.196 e. The molecule has 0 unspecified atom stereocenters. The molecule has 6 heteroatoms. The number of rotatable bonds is 6. The van der Waals surface area contributed by atoms with Crippen molar-refractivity contribution in [3.05, 3.63) is 66.0 Å². The highest BCUT2D eigenvalue weighted by molar-refractivity contribution is 7.99. The van der Waals surface area contributed by atoms with Crippen LogP contribution in [0.4, 0.5) is 0 Å². The Hall–Kier alpha value is -2.60. The second kappa shape index (κ2) is 7.31. The average molecular weight is 339 g/mol. The molecule has 3 rings (SSSR count). The molecule has 5 nitrogen and oxygen atoms in total. The molecule has 0 N–H and O–H groups in total. The van der Waals surface area contributed by atoms with Gasteiger partial charge in [-0.1, -0.05) is 42.1 Å². The van der Waals surface area contributed by atoms with E-state index in [2.05, 4.69) is 10.2 Å². The van der Waals surface area contributed by atoms with Gasteiger partial charge in [0.05, 0.1) is 18.4 Å². The summed E-state index contributed by atoms with van der Waals surface area (Å²) in [6, 6.07) is 17.1. The first-order chi connectivity index (χ1) is 11.7. The maximum absolute atomic E-state index is 12.5. The van der Waals surface area contributed by atoms with Gasteiger partial charge < -0.3 is 4.74 Å². The Labute approximate surface area is 144 Å².